The lowest BCUT2D eigenvalue weighted by Gasteiger charge is -2.11. The normalized spacial score (nSPS) is 11.0. The van der Waals surface area contributed by atoms with Gasteiger partial charge < -0.3 is 15.2 Å². The van der Waals surface area contributed by atoms with E-state index in [2.05, 4.69) is 20.8 Å². The molecule has 0 aliphatic heterocycles. The minimum Gasteiger partial charge on any atom is -0.336 e. The summed E-state index contributed by atoms with van der Waals surface area (Å²) in [6.07, 6.45) is 0. The van der Waals surface area contributed by atoms with Gasteiger partial charge in [-0.25, -0.2) is 4.98 Å². The Kier molecular flexibility index (Phi) is 4.71. The number of carbonyl (C=O) groups is 2. The average Bonchev–Trinajstić information content (AvgIpc) is 2.95. The van der Waals surface area contributed by atoms with E-state index in [9.17, 15) is 9.59 Å². The van der Waals surface area contributed by atoms with Crippen LogP contribution in [0.3, 0.4) is 0 Å². The molecule has 0 saturated heterocycles. The number of aromatic nitrogens is 2. The number of benzene rings is 1. The number of hydrogen-bond acceptors (Lipinski definition) is 5. The summed E-state index contributed by atoms with van der Waals surface area (Å²) in [7, 11) is 0. The molecule has 0 bridgehead atoms. The summed E-state index contributed by atoms with van der Waals surface area (Å²) in [4.78, 5) is 28.9. The molecule has 2 N–H and O–H groups in total. The van der Waals surface area contributed by atoms with E-state index in [1.807, 2.05) is 13.8 Å². The average molecular weight is 352 g/mol. The van der Waals surface area contributed by atoms with Crippen LogP contribution in [0, 0.1) is 19.8 Å². The SMILES string of the molecule is Cc1cc(C(=O)Nc2cccc(NC(=O)C(C)C)c2)c2c(C)noc2n1. The summed E-state index contributed by atoms with van der Waals surface area (Å²) in [5.74, 6) is -0.503. The first-order valence-corrected chi connectivity index (χ1v) is 8.31. The molecule has 0 atom stereocenters. The molecule has 1 aromatic carbocycles. The number of carbonyl (C=O) groups excluding carboxylic acids is 2. The highest BCUT2D eigenvalue weighted by Gasteiger charge is 2.18. The van der Waals surface area contributed by atoms with Gasteiger partial charge in [0.15, 0.2) is 0 Å². The third-order valence-electron chi connectivity index (χ3n) is 3.90. The molecule has 7 heteroatoms. The van der Waals surface area contributed by atoms with Crippen molar-refractivity contribution in [2.75, 3.05) is 10.6 Å². The Morgan fingerprint density at radius 1 is 1.08 bits per heavy atom. The van der Waals surface area contributed by atoms with Crippen LogP contribution in [0.2, 0.25) is 0 Å². The number of rotatable bonds is 4. The molecule has 0 aliphatic carbocycles. The van der Waals surface area contributed by atoms with Gasteiger partial charge in [-0.1, -0.05) is 25.1 Å². The van der Waals surface area contributed by atoms with Crippen LogP contribution in [0.5, 0.6) is 0 Å². The molecule has 2 aromatic heterocycles. The summed E-state index contributed by atoms with van der Waals surface area (Å²) in [6, 6.07) is 8.71. The van der Waals surface area contributed by atoms with E-state index in [0.717, 1.165) is 0 Å². The van der Waals surface area contributed by atoms with Crippen molar-refractivity contribution in [3.8, 4) is 0 Å². The largest absolute Gasteiger partial charge is 0.336 e. The highest BCUT2D eigenvalue weighted by Crippen LogP contribution is 2.23. The predicted octanol–water partition coefficient (Wildman–Crippen LogP) is 3.69. The summed E-state index contributed by atoms with van der Waals surface area (Å²) in [5, 5.41) is 10.1. The van der Waals surface area contributed by atoms with Gasteiger partial charge in [-0.3, -0.25) is 9.59 Å². The highest BCUT2D eigenvalue weighted by atomic mass is 16.5. The number of anilines is 2. The van der Waals surface area contributed by atoms with Gasteiger partial charge in [0.2, 0.25) is 5.91 Å². The zero-order chi connectivity index (χ0) is 18.8. The van der Waals surface area contributed by atoms with Crippen LogP contribution in [-0.2, 0) is 4.79 Å². The van der Waals surface area contributed by atoms with Crippen molar-refractivity contribution >= 4 is 34.3 Å². The summed E-state index contributed by atoms with van der Waals surface area (Å²) in [6.45, 7) is 7.19. The third kappa shape index (κ3) is 3.56. The zero-order valence-electron chi connectivity index (χ0n) is 15.1. The van der Waals surface area contributed by atoms with Gasteiger partial charge in [0.05, 0.1) is 16.6 Å². The van der Waals surface area contributed by atoms with E-state index in [-0.39, 0.29) is 17.7 Å². The number of amides is 2. The Labute approximate surface area is 150 Å². The van der Waals surface area contributed by atoms with Crippen molar-refractivity contribution in [1.29, 1.82) is 0 Å². The molecule has 0 saturated carbocycles. The Morgan fingerprint density at radius 3 is 2.46 bits per heavy atom. The van der Waals surface area contributed by atoms with Gasteiger partial charge >= 0.3 is 0 Å². The van der Waals surface area contributed by atoms with E-state index >= 15 is 0 Å². The van der Waals surface area contributed by atoms with Crippen LogP contribution in [0.4, 0.5) is 11.4 Å². The second-order valence-corrected chi connectivity index (χ2v) is 6.44. The Balaban J connectivity index is 1.87. The quantitative estimate of drug-likeness (QED) is 0.746. The molecule has 134 valence electrons. The maximum Gasteiger partial charge on any atom is 0.258 e. The van der Waals surface area contributed by atoms with Gasteiger partial charge in [-0.15, -0.1) is 0 Å². The Hall–Kier alpha value is -3.22. The fraction of sp³-hybridized carbons (Fsp3) is 0.263. The maximum atomic E-state index is 12.8. The molecule has 26 heavy (non-hydrogen) atoms. The summed E-state index contributed by atoms with van der Waals surface area (Å²) in [5.41, 5.74) is 3.26. The van der Waals surface area contributed by atoms with Gasteiger partial charge in [-0.2, -0.15) is 0 Å². The monoisotopic (exact) mass is 352 g/mol. The topological polar surface area (TPSA) is 97.1 Å². The van der Waals surface area contributed by atoms with Crippen molar-refractivity contribution < 1.29 is 14.1 Å². The fourth-order valence-corrected chi connectivity index (χ4v) is 2.56. The smallest absolute Gasteiger partial charge is 0.258 e. The van der Waals surface area contributed by atoms with E-state index in [4.69, 9.17) is 4.52 Å². The van der Waals surface area contributed by atoms with Gasteiger partial charge in [0.25, 0.3) is 11.6 Å². The third-order valence-corrected chi connectivity index (χ3v) is 3.90. The molecule has 0 spiro atoms. The van der Waals surface area contributed by atoms with Crippen LogP contribution in [0.15, 0.2) is 34.9 Å². The van der Waals surface area contributed by atoms with Crippen molar-refractivity contribution in [2.24, 2.45) is 5.92 Å². The van der Waals surface area contributed by atoms with Crippen LogP contribution < -0.4 is 10.6 Å². The lowest BCUT2D eigenvalue weighted by atomic mass is 10.1. The summed E-state index contributed by atoms with van der Waals surface area (Å²) < 4.78 is 5.17. The van der Waals surface area contributed by atoms with Crippen LogP contribution >= 0.6 is 0 Å². The lowest BCUT2D eigenvalue weighted by Crippen LogP contribution is -2.18. The number of nitrogens with zero attached hydrogens (tertiary/aromatic N) is 2. The predicted molar refractivity (Wildman–Crippen MR) is 99.1 cm³/mol. The molecule has 0 fully saturated rings. The molecule has 2 heterocycles. The Morgan fingerprint density at radius 2 is 1.77 bits per heavy atom. The molecular weight excluding hydrogens is 332 g/mol. The molecular formula is C19H20N4O3. The van der Waals surface area contributed by atoms with Crippen LogP contribution in [0.25, 0.3) is 11.1 Å². The molecule has 3 aromatic rings. The fourth-order valence-electron chi connectivity index (χ4n) is 2.56. The van der Waals surface area contributed by atoms with E-state index in [1.54, 1.807) is 44.2 Å². The summed E-state index contributed by atoms with van der Waals surface area (Å²) >= 11 is 0. The van der Waals surface area contributed by atoms with E-state index in [0.29, 0.717) is 39.4 Å². The number of nitrogens with one attached hydrogen (secondary N) is 2. The van der Waals surface area contributed by atoms with Crippen LogP contribution in [-0.4, -0.2) is 22.0 Å². The van der Waals surface area contributed by atoms with E-state index < -0.39 is 0 Å². The highest BCUT2D eigenvalue weighted by molar-refractivity contribution is 6.12. The minimum absolute atomic E-state index is 0.0833. The first kappa shape index (κ1) is 17.6. The Bertz CT molecular complexity index is 992. The maximum absolute atomic E-state index is 12.8. The molecule has 3 rings (SSSR count). The van der Waals surface area contributed by atoms with Gasteiger partial charge in [-0.05, 0) is 38.1 Å². The number of hydrogen-bond donors (Lipinski definition) is 2. The van der Waals surface area contributed by atoms with Crippen LogP contribution in [0.1, 0.15) is 35.6 Å². The second kappa shape index (κ2) is 6.95. The lowest BCUT2D eigenvalue weighted by molar-refractivity contribution is -0.118. The molecule has 0 radical (unpaired) electrons. The molecule has 2 amide bonds. The molecule has 0 aliphatic rings. The minimum atomic E-state index is -0.292. The first-order chi connectivity index (χ1) is 12.3. The van der Waals surface area contributed by atoms with E-state index in [1.165, 1.54) is 0 Å². The number of pyridine rings is 1. The molecule has 0 unspecified atom stereocenters. The zero-order valence-corrected chi connectivity index (χ0v) is 15.1. The number of fused-ring (bicyclic) bond motifs is 1. The van der Waals surface area contributed by atoms with Crippen molar-refractivity contribution in [1.82, 2.24) is 10.1 Å². The van der Waals surface area contributed by atoms with Crippen molar-refractivity contribution in [2.45, 2.75) is 27.7 Å². The van der Waals surface area contributed by atoms with Crippen molar-refractivity contribution in [3.63, 3.8) is 0 Å². The second-order valence-electron chi connectivity index (χ2n) is 6.44. The number of aryl methyl sites for hydroxylation is 2. The van der Waals surface area contributed by atoms with Crippen molar-refractivity contribution in [3.05, 3.63) is 47.3 Å². The standard InChI is InChI=1S/C19H20N4O3/c1-10(2)17(24)21-13-6-5-7-14(9-13)22-18(25)15-8-11(3)20-19-16(15)12(4)23-26-19/h5-10H,1-4H3,(H,21,24)(H,22,25). The first-order valence-electron chi connectivity index (χ1n) is 8.31. The van der Waals surface area contributed by atoms with Gasteiger partial charge in [0, 0.05) is 23.0 Å². The molecule has 7 nitrogen and oxygen atoms in total. The van der Waals surface area contributed by atoms with Gasteiger partial charge in [0.1, 0.15) is 0 Å².